The Kier molecular flexibility index (Phi) is 5.53. The Morgan fingerprint density at radius 2 is 2.03 bits per heavy atom. The van der Waals surface area contributed by atoms with Gasteiger partial charge in [-0.15, -0.1) is 0 Å². The van der Waals surface area contributed by atoms with Gasteiger partial charge in [0.15, 0.2) is 0 Å². The van der Waals surface area contributed by atoms with E-state index < -0.39 is 0 Å². The van der Waals surface area contributed by atoms with Crippen molar-refractivity contribution >= 4 is 11.8 Å². The topological polar surface area (TPSA) is 88.5 Å². The number of nitrogens with zero attached hydrogens (tertiary/aromatic N) is 4. The fourth-order valence-corrected chi connectivity index (χ4v) is 3.24. The van der Waals surface area contributed by atoms with Crippen LogP contribution >= 0.6 is 0 Å². The van der Waals surface area contributed by atoms with Crippen LogP contribution < -0.4 is 5.32 Å². The van der Waals surface area contributed by atoms with Crippen LogP contribution in [0.4, 0.5) is 10.3 Å². The molecular weight excluding hydrogens is 373 g/mol. The largest absolute Gasteiger partial charge is 0.432 e. The molecule has 0 aliphatic heterocycles. The number of fused-ring (bicyclic) bond motifs is 1. The summed E-state index contributed by atoms with van der Waals surface area (Å²) in [5, 5.41) is 12.8. The second-order valence-electron chi connectivity index (χ2n) is 6.80. The van der Waals surface area contributed by atoms with Crippen molar-refractivity contribution in [1.29, 1.82) is 0 Å². The zero-order chi connectivity index (χ0) is 20.2. The summed E-state index contributed by atoms with van der Waals surface area (Å²) >= 11 is 0. The summed E-state index contributed by atoms with van der Waals surface area (Å²) in [7, 11) is 0. The lowest BCUT2D eigenvalue weighted by molar-refractivity contribution is 0.266. The van der Waals surface area contributed by atoms with E-state index in [-0.39, 0.29) is 18.5 Å². The normalized spacial score (nSPS) is 12.4. The minimum absolute atomic E-state index is 0.00702. The Morgan fingerprint density at radius 3 is 2.79 bits per heavy atom. The summed E-state index contributed by atoms with van der Waals surface area (Å²) < 4.78 is 20.6. The summed E-state index contributed by atoms with van der Waals surface area (Å²) in [6, 6.07) is 7.82. The van der Waals surface area contributed by atoms with E-state index in [1.807, 2.05) is 0 Å². The maximum atomic E-state index is 13.4. The third-order valence-electron chi connectivity index (χ3n) is 4.74. The minimum atomic E-state index is -0.311. The van der Waals surface area contributed by atoms with Gasteiger partial charge in [0, 0.05) is 18.0 Å². The molecule has 0 bridgehead atoms. The molecule has 1 unspecified atom stereocenters. The molecule has 150 valence electrons. The Hall–Kier alpha value is -3.26. The maximum absolute atomic E-state index is 13.4. The van der Waals surface area contributed by atoms with E-state index in [4.69, 9.17) is 4.42 Å². The first-order valence-electron chi connectivity index (χ1n) is 9.62. The van der Waals surface area contributed by atoms with E-state index in [1.54, 1.807) is 41.3 Å². The molecule has 0 radical (unpaired) electrons. The van der Waals surface area contributed by atoms with Crippen LogP contribution in [0.3, 0.4) is 0 Å². The van der Waals surface area contributed by atoms with Crippen molar-refractivity contribution in [2.75, 3.05) is 11.9 Å². The molecule has 4 aromatic rings. The van der Waals surface area contributed by atoms with Gasteiger partial charge in [0.25, 0.3) is 0 Å². The number of rotatable bonds is 8. The van der Waals surface area contributed by atoms with Crippen LogP contribution in [0.25, 0.3) is 28.5 Å². The van der Waals surface area contributed by atoms with Crippen molar-refractivity contribution in [3.63, 3.8) is 0 Å². The van der Waals surface area contributed by atoms with Crippen molar-refractivity contribution in [2.45, 2.75) is 32.2 Å². The molecule has 3 aromatic heterocycles. The number of aromatic nitrogens is 4. The summed E-state index contributed by atoms with van der Waals surface area (Å²) in [4.78, 5) is 13.5. The second-order valence-corrected chi connectivity index (χ2v) is 6.80. The smallest absolute Gasteiger partial charge is 0.306 e. The second kappa shape index (κ2) is 8.40. The Labute approximate surface area is 167 Å². The molecule has 29 heavy (non-hydrogen) atoms. The molecule has 1 atom stereocenters. The molecule has 0 aliphatic carbocycles. The van der Waals surface area contributed by atoms with Crippen molar-refractivity contribution in [3.8, 4) is 22.6 Å². The number of aliphatic hydroxyl groups excluding tert-OH is 1. The van der Waals surface area contributed by atoms with Gasteiger partial charge in [-0.1, -0.05) is 19.8 Å². The van der Waals surface area contributed by atoms with Crippen LogP contribution in [0, 0.1) is 5.82 Å². The van der Waals surface area contributed by atoms with Crippen LogP contribution in [0.2, 0.25) is 0 Å². The number of halogens is 1. The van der Waals surface area contributed by atoms with E-state index in [0.717, 1.165) is 30.5 Å². The van der Waals surface area contributed by atoms with Gasteiger partial charge < -0.3 is 14.8 Å². The van der Waals surface area contributed by atoms with Crippen molar-refractivity contribution in [1.82, 2.24) is 19.4 Å². The molecule has 0 amide bonds. The first-order chi connectivity index (χ1) is 14.2. The number of anilines is 1. The molecule has 8 heteroatoms. The zero-order valence-corrected chi connectivity index (χ0v) is 16.0. The number of imidazole rings is 1. The summed E-state index contributed by atoms with van der Waals surface area (Å²) in [5.41, 5.74) is 2.76. The number of hydrogen-bond acceptors (Lipinski definition) is 6. The number of unbranched alkanes of at least 4 members (excludes halogenated alkanes) is 1. The summed E-state index contributed by atoms with van der Waals surface area (Å²) in [6.45, 7) is 2.12. The highest BCUT2D eigenvalue weighted by atomic mass is 19.1. The molecule has 0 saturated heterocycles. The quantitative estimate of drug-likeness (QED) is 0.466. The minimum Gasteiger partial charge on any atom is -0.432 e. The van der Waals surface area contributed by atoms with Crippen LogP contribution in [0.5, 0.6) is 0 Å². The van der Waals surface area contributed by atoms with Gasteiger partial charge in [0.1, 0.15) is 23.5 Å². The van der Waals surface area contributed by atoms with Gasteiger partial charge in [-0.25, -0.2) is 14.4 Å². The Balaban J connectivity index is 1.74. The van der Waals surface area contributed by atoms with Gasteiger partial charge in [0.2, 0.25) is 5.95 Å². The van der Waals surface area contributed by atoms with E-state index >= 15 is 0 Å². The molecular formula is C21H22FN5O2. The number of oxazole rings is 1. The molecule has 0 fully saturated rings. The van der Waals surface area contributed by atoms with Gasteiger partial charge in [0.05, 0.1) is 18.3 Å². The van der Waals surface area contributed by atoms with Gasteiger partial charge in [-0.3, -0.25) is 4.40 Å². The van der Waals surface area contributed by atoms with Crippen molar-refractivity contribution in [2.24, 2.45) is 0 Å². The number of hydrogen-bond donors (Lipinski definition) is 2. The fraction of sp³-hybridized carbons (Fsp3) is 0.286. The molecule has 3 heterocycles. The zero-order valence-electron chi connectivity index (χ0n) is 16.0. The molecule has 7 nitrogen and oxygen atoms in total. The third kappa shape index (κ3) is 3.97. The molecule has 4 rings (SSSR count). The summed E-state index contributed by atoms with van der Waals surface area (Å²) in [5.74, 6) is 0.540. The van der Waals surface area contributed by atoms with Gasteiger partial charge in [-0.05, 0) is 36.8 Å². The molecule has 2 N–H and O–H groups in total. The average molecular weight is 395 g/mol. The SMILES string of the molecule is CCCCC(CO)Nc1nccc(-c2c(-c3ccc(F)cc3)nc3occn23)n1. The number of aliphatic hydroxyl groups is 1. The van der Waals surface area contributed by atoms with Crippen LogP contribution in [0.1, 0.15) is 26.2 Å². The number of nitrogens with one attached hydrogen (secondary N) is 1. The lowest BCUT2D eigenvalue weighted by Crippen LogP contribution is -2.24. The molecule has 0 aliphatic rings. The average Bonchev–Trinajstić information content (AvgIpc) is 3.33. The van der Waals surface area contributed by atoms with E-state index in [0.29, 0.717) is 23.2 Å². The maximum Gasteiger partial charge on any atom is 0.306 e. The van der Waals surface area contributed by atoms with Crippen LogP contribution in [0.15, 0.2) is 53.4 Å². The lowest BCUT2D eigenvalue weighted by Gasteiger charge is -2.16. The highest BCUT2D eigenvalue weighted by Crippen LogP contribution is 2.32. The van der Waals surface area contributed by atoms with Crippen molar-refractivity contribution in [3.05, 3.63) is 54.8 Å². The molecule has 0 saturated carbocycles. The van der Waals surface area contributed by atoms with Gasteiger partial charge >= 0.3 is 5.84 Å². The van der Waals surface area contributed by atoms with E-state index in [2.05, 4.69) is 27.2 Å². The Bertz CT molecular complexity index is 1090. The monoisotopic (exact) mass is 395 g/mol. The lowest BCUT2D eigenvalue weighted by atomic mass is 10.1. The number of benzene rings is 1. The highest BCUT2D eigenvalue weighted by Gasteiger charge is 2.20. The van der Waals surface area contributed by atoms with Crippen LogP contribution in [-0.4, -0.2) is 37.1 Å². The first-order valence-corrected chi connectivity index (χ1v) is 9.62. The van der Waals surface area contributed by atoms with Crippen molar-refractivity contribution < 1.29 is 13.9 Å². The first kappa shape index (κ1) is 19.1. The molecule has 0 spiro atoms. The predicted octanol–water partition coefficient (Wildman–Crippen LogP) is 4.15. The highest BCUT2D eigenvalue weighted by molar-refractivity contribution is 5.79. The third-order valence-corrected chi connectivity index (χ3v) is 4.74. The standard InChI is InChI=1S/C21H22FN5O2/c1-2-3-4-16(13-28)24-20-23-10-9-17(25-20)19-18(14-5-7-15(22)8-6-14)26-21-27(19)11-12-29-21/h5-12,16,28H,2-4,13H2,1H3,(H,23,24,25). The molecule has 1 aromatic carbocycles. The predicted molar refractivity (Wildman–Crippen MR) is 108 cm³/mol. The van der Waals surface area contributed by atoms with E-state index in [9.17, 15) is 9.50 Å². The van der Waals surface area contributed by atoms with E-state index in [1.165, 1.54) is 12.1 Å². The van der Waals surface area contributed by atoms with Gasteiger partial charge in [-0.2, -0.15) is 4.98 Å². The fourth-order valence-electron chi connectivity index (χ4n) is 3.24. The van der Waals surface area contributed by atoms with Crippen LogP contribution in [-0.2, 0) is 0 Å². The Morgan fingerprint density at radius 1 is 1.21 bits per heavy atom. The summed E-state index contributed by atoms with van der Waals surface area (Å²) in [6.07, 6.45) is 7.86.